The number of hydrogen-bond acceptors (Lipinski definition) is 2. The van der Waals surface area contributed by atoms with Crippen LogP contribution in [0.2, 0.25) is 10.0 Å². The molecule has 17 heavy (non-hydrogen) atoms. The third kappa shape index (κ3) is 4.63. The molecule has 0 aliphatic heterocycles. The Balaban J connectivity index is 2.65. The quantitative estimate of drug-likeness (QED) is 0.885. The normalized spacial score (nSPS) is 11.9. The molecule has 4 nitrogen and oxygen atoms in total. The third-order valence-electron chi connectivity index (χ3n) is 2.03. The summed E-state index contributed by atoms with van der Waals surface area (Å²) in [5.41, 5.74) is 0.637. The number of nitrogens with one attached hydrogen (secondary N) is 1. The van der Waals surface area contributed by atoms with Crippen molar-refractivity contribution in [2.24, 2.45) is 0 Å². The minimum Gasteiger partial charge on any atom is -0.480 e. The summed E-state index contributed by atoms with van der Waals surface area (Å²) < 4.78 is 0. The van der Waals surface area contributed by atoms with Crippen molar-refractivity contribution in [2.75, 3.05) is 0 Å². The van der Waals surface area contributed by atoms with E-state index in [-0.39, 0.29) is 6.42 Å². The van der Waals surface area contributed by atoms with Gasteiger partial charge in [-0.05, 0) is 30.7 Å². The van der Waals surface area contributed by atoms with E-state index in [1.165, 1.54) is 6.92 Å². The van der Waals surface area contributed by atoms with E-state index in [1.54, 1.807) is 18.2 Å². The monoisotopic (exact) mass is 275 g/mol. The number of carbonyl (C=O) groups excluding carboxylic acids is 1. The molecule has 1 aromatic carbocycles. The first-order chi connectivity index (χ1) is 7.88. The molecule has 0 aromatic heterocycles. The second-order valence-electron chi connectivity index (χ2n) is 3.58. The fourth-order valence-electron chi connectivity index (χ4n) is 1.25. The molecule has 0 bridgehead atoms. The van der Waals surface area contributed by atoms with Crippen LogP contribution in [0, 0.1) is 0 Å². The second kappa shape index (κ2) is 5.89. The highest BCUT2D eigenvalue weighted by atomic mass is 35.5. The summed E-state index contributed by atoms with van der Waals surface area (Å²) in [5.74, 6) is -1.47. The van der Waals surface area contributed by atoms with E-state index in [9.17, 15) is 9.59 Å². The molecule has 1 aromatic rings. The summed E-state index contributed by atoms with van der Waals surface area (Å²) >= 11 is 11.6. The summed E-state index contributed by atoms with van der Waals surface area (Å²) in [6.45, 7) is 1.39. The van der Waals surface area contributed by atoms with Gasteiger partial charge >= 0.3 is 5.97 Å². The van der Waals surface area contributed by atoms with Gasteiger partial charge in [0.05, 0.1) is 6.42 Å². The lowest BCUT2D eigenvalue weighted by Gasteiger charge is -2.09. The van der Waals surface area contributed by atoms with E-state index >= 15 is 0 Å². The fourth-order valence-corrected chi connectivity index (χ4v) is 1.82. The minimum absolute atomic E-state index is 0.0396. The second-order valence-corrected chi connectivity index (χ2v) is 4.45. The predicted molar refractivity (Wildman–Crippen MR) is 65.4 cm³/mol. The molecule has 2 N–H and O–H groups in total. The maximum Gasteiger partial charge on any atom is 0.325 e. The van der Waals surface area contributed by atoms with Gasteiger partial charge in [-0.1, -0.05) is 23.2 Å². The van der Waals surface area contributed by atoms with Crippen LogP contribution in [0.4, 0.5) is 0 Å². The molecular weight excluding hydrogens is 265 g/mol. The zero-order chi connectivity index (χ0) is 13.0. The summed E-state index contributed by atoms with van der Waals surface area (Å²) in [7, 11) is 0. The molecule has 0 saturated heterocycles. The molecule has 92 valence electrons. The summed E-state index contributed by atoms with van der Waals surface area (Å²) in [6.07, 6.45) is 0.0396. The molecule has 0 saturated carbocycles. The van der Waals surface area contributed by atoms with E-state index in [2.05, 4.69) is 5.32 Å². The third-order valence-corrected chi connectivity index (χ3v) is 2.47. The molecule has 0 spiro atoms. The van der Waals surface area contributed by atoms with Crippen molar-refractivity contribution in [1.82, 2.24) is 5.32 Å². The van der Waals surface area contributed by atoms with Crippen molar-refractivity contribution in [1.29, 1.82) is 0 Å². The van der Waals surface area contributed by atoms with Gasteiger partial charge in [0.1, 0.15) is 6.04 Å². The van der Waals surface area contributed by atoms with Crippen molar-refractivity contribution in [3.8, 4) is 0 Å². The lowest BCUT2D eigenvalue weighted by Crippen LogP contribution is -2.39. The van der Waals surface area contributed by atoms with Gasteiger partial charge in [0.2, 0.25) is 5.91 Å². The van der Waals surface area contributed by atoms with Gasteiger partial charge in [0.15, 0.2) is 0 Å². The van der Waals surface area contributed by atoms with Crippen LogP contribution in [0.3, 0.4) is 0 Å². The Morgan fingerprint density at radius 3 is 2.29 bits per heavy atom. The Labute approximate surface area is 109 Å². The number of aliphatic carboxylic acids is 1. The standard InChI is InChI=1S/C11H11Cl2NO3/c1-6(11(16)17)14-10(15)4-7-2-8(12)5-9(13)3-7/h2-3,5-6H,4H2,1H3,(H,14,15)(H,16,17). The Morgan fingerprint density at radius 1 is 1.29 bits per heavy atom. The number of rotatable bonds is 4. The molecule has 6 heteroatoms. The minimum atomic E-state index is -1.08. The lowest BCUT2D eigenvalue weighted by molar-refractivity contribution is -0.141. The number of amides is 1. The molecule has 1 rings (SSSR count). The number of carbonyl (C=O) groups is 2. The van der Waals surface area contributed by atoms with Gasteiger partial charge in [-0.15, -0.1) is 0 Å². The van der Waals surface area contributed by atoms with Gasteiger partial charge in [-0.2, -0.15) is 0 Å². The largest absolute Gasteiger partial charge is 0.480 e. The number of halogens is 2. The zero-order valence-corrected chi connectivity index (χ0v) is 10.5. The van der Waals surface area contributed by atoms with Crippen LogP contribution in [0.5, 0.6) is 0 Å². The van der Waals surface area contributed by atoms with E-state index in [0.29, 0.717) is 15.6 Å². The van der Waals surface area contributed by atoms with Crippen LogP contribution < -0.4 is 5.32 Å². The Morgan fingerprint density at radius 2 is 1.82 bits per heavy atom. The number of benzene rings is 1. The van der Waals surface area contributed by atoms with Crippen molar-refractivity contribution >= 4 is 35.1 Å². The molecular formula is C11H11Cl2NO3. The van der Waals surface area contributed by atoms with Gasteiger partial charge in [0, 0.05) is 10.0 Å². The maximum atomic E-state index is 11.5. The number of carboxylic acid groups (broad SMARTS) is 1. The van der Waals surface area contributed by atoms with Crippen molar-refractivity contribution in [3.63, 3.8) is 0 Å². The number of carboxylic acids is 1. The van der Waals surface area contributed by atoms with Crippen LogP contribution in [-0.2, 0) is 16.0 Å². The highest BCUT2D eigenvalue weighted by Gasteiger charge is 2.14. The highest BCUT2D eigenvalue weighted by molar-refractivity contribution is 6.34. The van der Waals surface area contributed by atoms with Crippen LogP contribution in [0.25, 0.3) is 0 Å². The summed E-state index contributed by atoms with van der Waals surface area (Å²) in [5, 5.41) is 11.8. The average molecular weight is 276 g/mol. The zero-order valence-electron chi connectivity index (χ0n) is 9.04. The van der Waals surface area contributed by atoms with E-state index in [0.717, 1.165) is 0 Å². The van der Waals surface area contributed by atoms with Crippen LogP contribution in [0.1, 0.15) is 12.5 Å². The first-order valence-corrected chi connectivity index (χ1v) is 5.61. The van der Waals surface area contributed by atoms with Gasteiger partial charge in [0.25, 0.3) is 0 Å². The summed E-state index contributed by atoms with van der Waals surface area (Å²) in [4.78, 5) is 22.0. The van der Waals surface area contributed by atoms with Crippen LogP contribution in [-0.4, -0.2) is 23.0 Å². The molecule has 0 aliphatic carbocycles. The Hall–Kier alpha value is -1.26. The Kier molecular flexibility index (Phi) is 4.78. The van der Waals surface area contributed by atoms with Crippen molar-refractivity contribution < 1.29 is 14.7 Å². The molecule has 1 amide bonds. The fraction of sp³-hybridized carbons (Fsp3) is 0.273. The van der Waals surface area contributed by atoms with Crippen molar-refractivity contribution in [2.45, 2.75) is 19.4 Å². The number of hydrogen-bond donors (Lipinski definition) is 2. The van der Waals surface area contributed by atoms with E-state index < -0.39 is 17.9 Å². The van der Waals surface area contributed by atoms with E-state index in [1.807, 2.05) is 0 Å². The average Bonchev–Trinajstić information content (AvgIpc) is 2.14. The predicted octanol–water partition coefficient (Wildman–Crippen LogP) is 2.13. The van der Waals surface area contributed by atoms with Crippen LogP contribution >= 0.6 is 23.2 Å². The molecule has 0 heterocycles. The molecule has 0 radical (unpaired) electrons. The van der Waals surface area contributed by atoms with Crippen LogP contribution in [0.15, 0.2) is 18.2 Å². The SMILES string of the molecule is CC(NC(=O)Cc1cc(Cl)cc(Cl)c1)C(=O)O. The maximum absolute atomic E-state index is 11.5. The molecule has 1 atom stereocenters. The van der Waals surface area contributed by atoms with Gasteiger partial charge in [-0.25, -0.2) is 0 Å². The molecule has 0 aliphatic rings. The van der Waals surface area contributed by atoms with Gasteiger partial charge < -0.3 is 10.4 Å². The smallest absolute Gasteiger partial charge is 0.325 e. The molecule has 1 unspecified atom stereocenters. The van der Waals surface area contributed by atoms with Gasteiger partial charge in [-0.3, -0.25) is 9.59 Å². The first-order valence-electron chi connectivity index (χ1n) is 4.85. The Bertz CT molecular complexity index is 428. The highest BCUT2D eigenvalue weighted by Crippen LogP contribution is 2.19. The lowest BCUT2D eigenvalue weighted by atomic mass is 10.1. The molecule has 0 fully saturated rings. The van der Waals surface area contributed by atoms with Crippen molar-refractivity contribution in [3.05, 3.63) is 33.8 Å². The topological polar surface area (TPSA) is 66.4 Å². The van der Waals surface area contributed by atoms with E-state index in [4.69, 9.17) is 28.3 Å². The first kappa shape index (κ1) is 13.8. The summed E-state index contributed by atoms with van der Waals surface area (Å²) in [6, 6.07) is 3.86.